The van der Waals surface area contributed by atoms with Crippen LogP contribution < -0.4 is 5.32 Å². The quantitative estimate of drug-likeness (QED) is 0.219. The van der Waals surface area contributed by atoms with Crippen molar-refractivity contribution in [3.8, 4) is 0 Å². The van der Waals surface area contributed by atoms with Crippen LogP contribution in [0.15, 0.2) is 0 Å². The second-order valence-electron chi connectivity index (χ2n) is 6.66. The Morgan fingerprint density at radius 2 is 0.960 bits per heavy atom. The summed E-state index contributed by atoms with van der Waals surface area (Å²) >= 11 is 0. The molecule has 0 bridgehead atoms. The highest BCUT2D eigenvalue weighted by molar-refractivity contribution is 6.39. The molecule has 0 heterocycles. The summed E-state index contributed by atoms with van der Waals surface area (Å²) in [5.41, 5.74) is -0.559. The van der Waals surface area contributed by atoms with E-state index in [-0.39, 0.29) is 29.9 Å². The Morgan fingerprint density at radius 3 is 1.24 bits per heavy atom. The minimum absolute atomic E-state index is 0.280. The Morgan fingerprint density at radius 1 is 0.640 bits per heavy atom. The molecule has 1 N–H and O–H groups in total. The van der Waals surface area contributed by atoms with Crippen molar-refractivity contribution in [1.82, 2.24) is 5.32 Å². The maximum atomic E-state index is 5.80. The Kier molecular flexibility index (Phi) is 15.5. The standard InChI is InChI=1S/C18H43NO4Si2/c1-7-20-17(5,21-8-2)24-15-11-13-19-14-12-16-25-18(6,22-9-3)23-10-4/h19H,7-16,24-25H2,1-6H3. The van der Waals surface area contributed by atoms with E-state index in [1.54, 1.807) is 0 Å². The van der Waals surface area contributed by atoms with E-state index in [4.69, 9.17) is 18.9 Å². The van der Waals surface area contributed by atoms with Crippen molar-refractivity contribution in [2.24, 2.45) is 0 Å². The summed E-state index contributed by atoms with van der Waals surface area (Å²) in [7, 11) is -0.757. The molecule has 0 atom stereocenters. The fraction of sp³-hybridized carbons (Fsp3) is 1.00. The van der Waals surface area contributed by atoms with Crippen LogP contribution in [-0.2, 0) is 18.9 Å². The zero-order valence-electron chi connectivity index (χ0n) is 17.6. The lowest BCUT2D eigenvalue weighted by Gasteiger charge is -2.29. The predicted octanol–water partition coefficient (Wildman–Crippen LogP) is 2.02. The van der Waals surface area contributed by atoms with Crippen molar-refractivity contribution in [2.75, 3.05) is 39.5 Å². The molecule has 0 radical (unpaired) electrons. The normalized spacial score (nSPS) is 13.7. The second-order valence-corrected chi connectivity index (χ2v) is 11.6. The molecule has 0 rings (SSSR count). The molecule has 152 valence electrons. The monoisotopic (exact) mass is 393 g/mol. The molecule has 0 saturated carbocycles. The molecule has 0 aliphatic rings. The van der Waals surface area contributed by atoms with Crippen molar-refractivity contribution in [1.29, 1.82) is 0 Å². The zero-order chi connectivity index (χ0) is 19.0. The van der Waals surface area contributed by atoms with Crippen LogP contribution in [0.2, 0.25) is 12.1 Å². The fourth-order valence-electron chi connectivity index (χ4n) is 3.11. The Hall–Kier alpha value is 0.234. The first-order chi connectivity index (χ1) is 11.9. The van der Waals surface area contributed by atoms with Gasteiger partial charge in [0.1, 0.15) is 10.8 Å². The average molecular weight is 394 g/mol. The summed E-state index contributed by atoms with van der Waals surface area (Å²) in [6.07, 6.45) is 2.43. The lowest BCUT2D eigenvalue weighted by molar-refractivity contribution is -0.163. The SMILES string of the molecule is CCOC(C)(OCC)[SiH2]CCCNCCC[SiH2]C(C)(OCC)OCC. The molecule has 0 aliphatic carbocycles. The summed E-state index contributed by atoms with van der Waals surface area (Å²) < 4.78 is 23.2. The van der Waals surface area contributed by atoms with Gasteiger partial charge >= 0.3 is 0 Å². The lowest BCUT2D eigenvalue weighted by Crippen LogP contribution is -2.39. The molecule has 0 unspecified atom stereocenters. The molecule has 0 saturated heterocycles. The smallest absolute Gasteiger partial charge is 0.142 e. The first kappa shape index (κ1) is 25.2. The molecule has 0 fully saturated rings. The minimum atomic E-state index is -0.378. The van der Waals surface area contributed by atoms with Gasteiger partial charge in [-0.3, -0.25) is 0 Å². The van der Waals surface area contributed by atoms with Gasteiger partial charge in [-0.25, -0.2) is 0 Å². The summed E-state index contributed by atoms with van der Waals surface area (Å²) in [4.78, 5) is 0. The third-order valence-electron chi connectivity index (χ3n) is 4.27. The van der Waals surface area contributed by atoms with E-state index in [1.807, 2.05) is 27.7 Å². The fourth-order valence-corrected chi connectivity index (χ4v) is 6.79. The third-order valence-corrected chi connectivity index (χ3v) is 8.61. The number of nitrogens with one attached hydrogen (secondary N) is 1. The summed E-state index contributed by atoms with van der Waals surface area (Å²) in [6.45, 7) is 17.5. The molecule has 0 aromatic carbocycles. The maximum absolute atomic E-state index is 5.80. The predicted molar refractivity (Wildman–Crippen MR) is 112 cm³/mol. The topological polar surface area (TPSA) is 49.0 Å². The van der Waals surface area contributed by atoms with Crippen molar-refractivity contribution < 1.29 is 18.9 Å². The number of ether oxygens (including phenoxy) is 4. The molecule has 0 aromatic rings. The Bertz CT molecular complexity index is 269. The summed E-state index contributed by atoms with van der Waals surface area (Å²) in [6, 6.07) is 2.51. The molecule has 0 spiro atoms. The molecular formula is C18H43NO4Si2. The van der Waals surface area contributed by atoms with Crippen LogP contribution in [-0.4, -0.2) is 69.4 Å². The van der Waals surface area contributed by atoms with Gasteiger partial charge < -0.3 is 24.3 Å². The molecule has 5 nitrogen and oxygen atoms in total. The number of hydrogen-bond donors (Lipinski definition) is 1. The molecular weight excluding hydrogens is 350 g/mol. The largest absolute Gasteiger partial charge is 0.355 e. The first-order valence-corrected chi connectivity index (χ1v) is 13.6. The van der Waals surface area contributed by atoms with Gasteiger partial charge in [-0.2, -0.15) is 0 Å². The van der Waals surface area contributed by atoms with E-state index in [2.05, 4.69) is 19.2 Å². The molecule has 25 heavy (non-hydrogen) atoms. The van der Waals surface area contributed by atoms with E-state index < -0.39 is 0 Å². The number of rotatable bonds is 18. The van der Waals surface area contributed by atoms with Crippen LogP contribution in [0.25, 0.3) is 0 Å². The van der Waals surface area contributed by atoms with Gasteiger partial charge in [0.15, 0.2) is 0 Å². The van der Waals surface area contributed by atoms with Crippen LogP contribution in [0, 0.1) is 0 Å². The van der Waals surface area contributed by atoms with Crippen molar-refractivity contribution >= 4 is 19.0 Å². The average Bonchev–Trinajstić information content (AvgIpc) is 2.54. The molecule has 0 aliphatic heterocycles. The summed E-state index contributed by atoms with van der Waals surface area (Å²) in [5.74, 6) is 0. The van der Waals surface area contributed by atoms with E-state index >= 15 is 0 Å². The van der Waals surface area contributed by atoms with Crippen molar-refractivity contribution in [2.45, 2.75) is 77.3 Å². The van der Waals surface area contributed by atoms with Crippen LogP contribution in [0.5, 0.6) is 0 Å². The molecule has 0 aromatic heterocycles. The summed E-state index contributed by atoms with van der Waals surface area (Å²) in [5, 5.41) is 3.57. The third kappa shape index (κ3) is 13.1. The van der Waals surface area contributed by atoms with Gasteiger partial charge in [0.05, 0.1) is 19.0 Å². The van der Waals surface area contributed by atoms with E-state index in [0.29, 0.717) is 0 Å². The van der Waals surface area contributed by atoms with Crippen molar-refractivity contribution in [3.63, 3.8) is 0 Å². The highest BCUT2D eigenvalue weighted by Gasteiger charge is 2.25. The van der Waals surface area contributed by atoms with Crippen LogP contribution in [0.1, 0.15) is 54.4 Å². The van der Waals surface area contributed by atoms with E-state index in [9.17, 15) is 0 Å². The Balaban J connectivity index is 3.69. The van der Waals surface area contributed by atoms with Gasteiger partial charge in [0.2, 0.25) is 0 Å². The Labute approximate surface area is 160 Å². The van der Waals surface area contributed by atoms with Gasteiger partial charge in [-0.1, -0.05) is 12.1 Å². The first-order valence-electron chi connectivity index (χ1n) is 10.2. The van der Waals surface area contributed by atoms with Crippen LogP contribution in [0.3, 0.4) is 0 Å². The maximum Gasteiger partial charge on any atom is 0.142 e. The van der Waals surface area contributed by atoms with Gasteiger partial charge in [-0.15, -0.1) is 0 Å². The molecule has 7 heteroatoms. The zero-order valence-corrected chi connectivity index (χ0v) is 20.4. The van der Waals surface area contributed by atoms with Crippen LogP contribution in [0.4, 0.5) is 0 Å². The highest BCUT2D eigenvalue weighted by Crippen LogP contribution is 2.14. The lowest BCUT2D eigenvalue weighted by atomic mass is 10.4. The molecule has 0 amide bonds. The second kappa shape index (κ2) is 15.3. The minimum Gasteiger partial charge on any atom is -0.355 e. The van der Waals surface area contributed by atoms with E-state index in [0.717, 1.165) is 39.5 Å². The van der Waals surface area contributed by atoms with E-state index in [1.165, 1.54) is 24.9 Å². The van der Waals surface area contributed by atoms with Gasteiger partial charge in [0.25, 0.3) is 0 Å². The van der Waals surface area contributed by atoms with Crippen LogP contribution >= 0.6 is 0 Å². The van der Waals surface area contributed by atoms with Crippen molar-refractivity contribution in [3.05, 3.63) is 0 Å². The van der Waals surface area contributed by atoms with Gasteiger partial charge in [-0.05, 0) is 67.5 Å². The number of hydrogen-bond acceptors (Lipinski definition) is 5. The van der Waals surface area contributed by atoms with Gasteiger partial charge in [0, 0.05) is 26.4 Å². The highest BCUT2D eigenvalue weighted by atomic mass is 28.2.